The molecule has 1 aromatic carbocycles. The molecule has 0 atom stereocenters. The number of hydrogen-bond acceptors (Lipinski definition) is 3. The van der Waals surface area contributed by atoms with Crippen LogP contribution in [0.4, 0.5) is 5.69 Å². The number of nitrogens with zero attached hydrogens (tertiary/aromatic N) is 1. The van der Waals surface area contributed by atoms with Crippen LogP contribution in [-0.4, -0.2) is 20.7 Å². The number of pyridine rings is 1. The summed E-state index contributed by atoms with van der Waals surface area (Å²) in [6, 6.07) is 9.73. The molecule has 0 aliphatic carbocycles. The lowest BCUT2D eigenvalue weighted by Gasteiger charge is -2.10. The molecular weight excluding hydrogens is 282 g/mol. The van der Waals surface area contributed by atoms with E-state index in [0.29, 0.717) is 0 Å². The van der Waals surface area contributed by atoms with Gasteiger partial charge in [0.05, 0.1) is 10.6 Å². The Bertz CT molecular complexity index is 677. The van der Waals surface area contributed by atoms with Crippen molar-refractivity contribution in [1.29, 1.82) is 0 Å². The summed E-state index contributed by atoms with van der Waals surface area (Å²) in [6.45, 7) is 1.83. The predicted molar refractivity (Wildman–Crippen MR) is 77.7 cm³/mol. The summed E-state index contributed by atoms with van der Waals surface area (Å²) in [4.78, 5) is 4.11. The van der Waals surface area contributed by atoms with Gasteiger partial charge in [0.2, 0.25) is 0 Å². The molecule has 1 heterocycles. The van der Waals surface area contributed by atoms with Gasteiger partial charge in [-0.15, -0.1) is 0 Å². The highest BCUT2D eigenvalue weighted by Gasteiger charge is 2.15. The molecule has 1 radical (unpaired) electrons. The molecule has 0 aliphatic heterocycles. The van der Waals surface area contributed by atoms with Crippen LogP contribution in [0, 0.1) is 0 Å². The van der Waals surface area contributed by atoms with E-state index in [4.69, 9.17) is 11.6 Å². The molecule has 1 aromatic heterocycles. The predicted octanol–water partition coefficient (Wildman–Crippen LogP) is 1.91. The van der Waals surface area contributed by atoms with E-state index < -0.39 is 10.0 Å². The van der Waals surface area contributed by atoms with Gasteiger partial charge < -0.3 is 0 Å². The smallest absolute Gasteiger partial charge is 0.261 e. The van der Waals surface area contributed by atoms with E-state index in [1.54, 1.807) is 30.5 Å². The molecule has 0 aliphatic rings. The zero-order chi connectivity index (χ0) is 13.9. The molecular formula is C12H11BClN2O2S. The molecule has 97 valence electrons. The molecule has 4 nitrogen and oxygen atoms in total. The molecule has 19 heavy (non-hydrogen) atoms. The van der Waals surface area contributed by atoms with Gasteiger partial charge in [0.1, 0.15) is 7.28 Å². The fourth-order valence-corrected chi connectivity index (χ4v) is 2.78. The zero-order valence-corrected chi connectivity index (χ0v) is 11.7. The minimum absolute atomic E-state index is 0.116. The average molecular weight is 294 g/mol. The van der Waals surface area contributed by atoms with Gasteiger partial charge in [0, 0.05) is 6.20 Å². The first-order chi connectivity index (χ1) is 9.03. The summed E-state index contributed by atoms with van der Waals surface area (Å²) in [5, 5.41) is 0.116. The monoisotopic (exact) mass is 293 g/mol. The maximum atomic E-state index is 12.1. The Morgan fingerprint density at radius 1 is 1.26 bits per heavy atom. The van der Waals surface area contributed by atoms with Gasteiger partial charge in [0.25, 0.3) is 10.0 Å². The van der Waals surface area contributed by atoms with Gasteiger partial charge in [-0.05, 0) is 18.2 Å². The molecule has 2 rings (SSSR count). The first kappa shape index (κ1) is 13.9. The van der Waals surface area contributed by atoms with E-state index in [-0.39, 0.29) is 15.7 Å². The zero-order valence-electron chi connectivity index (χ0n) is 10.2. The van der Waals surface area contributed by atoms with E-state index in [9.17, 15) is 8.42 Å². The Morgan fingerprint density at radius 3 is 2.58 bits per heavy atom. The van der Waals surface area contributed by atoms with Gasteiger partial charge in [-0.2, -0.15) is 0 Å². The third-order valence-corrected chi connectivity index (χ3v) is 4.17. The second-order valence-corrected chi connectivity index (χ2v) is 5.85. The van der Waals surface area contributed by atoms with Crippen molar-refractivity contribution >= 4 is 40.1 Å². The lowest BCUT2D eigenvalue weighted by Crippen LogP contribution is -2.17. The summed E-state index contributed by atoms with van der Waals surface area (Å²) in [5.74, 6) is 0. The van der Waals surface area contributed by atoms with Crippen molar-refractivity contribution in [2.45, 2.75) is 11.7 Å². The first-order valence-corrected chi connectivity index (χ1v) is 7.42. The number of hydrogen-bond donors (Lipinski definition) is 1. The lowest BCUT2D eigenvalue weighted by atomic mass is 9.74. The Labute approximate surface area is 118 Å². The van der Waals surface area contributed by atoms with Crippen LogP contribution in [0.15, 0.2) is 47.5 Å². The van der Waals surface area contributed by atoms with Crippen molar-refractivity contribution in [1.82, 2.24) is 4.98 Å². The lowest BCUT2D eigenvalue weighted by molar-refractivity contribution is 0.601. The van der Waals surface area contributed by atoms with Crippen LogP contribution in [0.2, 0.25) is 12.0 Å². The van der Waals surface area contributed by atoms with Crippen molar-refractivity contribution < 1.29 is 8.42 Å². The van der Waals surface area contributed by atoms with E-state index in [1.807, 2.05) is 14.1 Å². The second-order valence-electron chi connectivity index (χ2n) is 3.81. The largest absolute Gasteiger partial charge is 0.277 e. The third-order valence-electron chi connectivity index (χ3n) is 2.49. The van der Waals surface area contributed by atoms with E-state index in [1.165, 1.54) is 12.1 Å². The maximum absolute atomic E-state index is 12.1. The van der Waals surface area contributed by atoms with Crippen molar-refractivity contribution in [2.75, 3.05) is 4.72 Å². The Morgan fingerprint density at radius 2 is 1.95 bits per heavy atom. The van der Waals surface area contributed by atoms with Crippen molar-refractivity contribution in [3.63, 3.8) is 0 Å². The van der Waals surface area contributed by atoms with E-state index in [0.717, 1.165) is 5.46 Å². The molecule has 2 aromatic rings. The van der Waals surface area contributed by atoms with Crippen molar-refractivity contribution in [3.8, 4) is 0 Å². The van der Waals surface area contributed by atoms with Crippen molar-refractivity contribution in [2.24, 2.45) is 0 Å². The first-order valence-electron chi connectivity index (χ1n) is 5.56. The Hall–Kier alpha value is -1.53. The number of aromatic nitrogens is 1. The number of anilines is 1. The van der Waals surface area contributed by atoms with Crippen LogP contribution in [0.3, 0.4) is 0 Å². The molecule has 0 amide bonds. The van der Waals surface area contributed by atoms with Gasteiger partial charge in [0.15, 0.2) is 5.15 Å². The highest BCUT2D eigenvalue weighted by Crippen LogP contribution is 2.21. The fourth-order valence-electron chi connectivity index (χ4n) is 1.50. The van der Waals surface area contributed by atoms with Crippen LogP contribution in [-0.2, 0) is 10.0 Å². The van der Waals surface area contributed by atoms with Gasteiger partial charge in [-0.25, -0.2) is 13.4 Å². The van der Waals surface area contributed by atoms with Crippen LogP contribution in [0.5, 0.6) is 0 Å². The molecule has 7 heteroatoms. The molecule has 0 saturated heterocycles. The normalized spacial score (nSPS) is 11.1. The van der Waals surface area contributed by atoms with Gasteiger partial charge in [-0.3, -0.25) is 4.72 Å². The van der Waals surface area contributed by atoms with Crippen LogP contribution < -0.4 is 10.2 Å². The standard InChI is InChI=1S/C12H11BClN2O2S/c1-13-9-7-11(12(14)15-8-9)16-19(17,18)10-5-3-2-4-6-10/h2-8,16H,1H3. The van der Waals surface area contributed by atoms with Crippen LogP contribution >= 0.6 is 11.6 Å². The summed E-state index contributed by atoms with van der Waals surface area (Å²) in [5.41, 5.74) is 1.05. The Kier molecular flexibility index (Phi) is 4.12. The second kappa shape index (κ2) is 5.63. The summed E-state index contributed by atoms with van der Waals surface area (Å²) < 4.78 is 26.7. The summed E-state index contributed by atoms with van der Waals surface area (Å²) in [6.07, 6.45) is 1.57. The minimum atomic E-state index is -3.65. The number of rotatable bonds is 4. The fraction of sp³-hybridized carbons (Fsp3) is 0.0833. The number of halogens is 1. The molecule has 0 bridgehead atoms. The minimum Gasteiger partial charge on any atom is -0.277 e. The molecule has 0 saturated carbocycles. The molecule has 1 N–H and O–H groups in total. The molecule has 0 unspecified atom stereocenters. The van der Waals surface area contributed by atoms with Crippen LogP contribution in [0.25, 0.3) is 0 Å². The molecule has 0 fully saturated rings. The SMILES string of the molecule is C[B]c1cnc(Cl)c(NS(=O)(=O)c2ccccc2)c1. The van der Waals surface area contributed by atoms with E-state index >= 15 is 0 Å². The quantitative estimate of drug-likeness (QED) is 0.692. The van der Waals surface area contributed by atoms with Gasteiger partial charge in [-0.1, -0.05) is 42.1 Å². The highest BCUT2D eigenvalue weighted by molar-refractivity contribution is 7.92. The number of sulfonamides is 1. The topological polar surface area (TPSA) is 59.1 Å². The maximum Gasteiger partial charge on any atom is 0.261 e. The van der Waals surface area contributed by atoms with Crippen LogP contribution in [0.1, 0.15) is 0 Å². The average Bonchev–Trinajstić information content (AvgIpc) is 2.42. The number of nitrogens with one attached hydrogen (secondary N) is 1. The summed E-state index contributed by atoms with van der Waals surface area (Å²) in [7, 11) is -1.84. The highest BCUT2D eigenvalue weighted by atomic mass is 35.5. The van der Waals surface area contributed by atoms with Crippen molar-refractivity contribution in [3.05, 3.63) is 47.7 Å². The summed E-state index contributed by atoms with van der Waals surface area (Å²) >= 11 is 5.89. The van der Waals surface area contributed by atoms with Gasteiger partial charge >= 0.3 is 0 Å². The Balaban J connectivity index is 2.36. The third kappa shape index (κ3) is 3.27. The molecule has 0 spiro atoms. The number of benzene rings is 1. The van der Waals surface area contributed by atoms with E-state index in [2.05, 4.69) is 9.71 Å².